The van der Waals surface area contributed by atoms with Crippen LogP contribution in [0.3, 0.4) is 0 Å². The summed E-state index contributed by atoms with van der Waals surface area (Å²) in [4.78, 5) is 4.56. The van der Waals surface area contributed by atoms with E-state index >= 15 is 0 Å². The summed E-state index contributed by atoms with van der Waals surface area (Å²) in [5, 5.41) is 0.780. The molecule has 1 aliphatic heterocycles. The number of ether oxygens (including phenoxy) is 2. The second kappa shape index (κ2) is 9.31. The Labute approximate surface area is 193 Å². The number of rotatable bonds is 6. The van der Waals surface area contributed by atoms with E-state index in [4.69, 9.17) is 9.47 Å². The molecule has 0 spiro atoms. The predicted octanol–water partition coefficient (Wildman–Crippen LogP) is 4.40. The van der Waals surface area contributed by atoms with Crippen LogP contribution in [0.4, 0.5) is 0 Å². The molecule has 0 bridgehead atoms. The Bertz CT molecular complexity index is 1350. The first-order chi connectivity index (χ1) is 16.1. The Morgan fingerprint density at radius 1 is 0.939 bits per heavy atom. The highest BCUT2D eigenvalue weighted by molar-refractivity contribution is 7.89. The molecular weight excluding hydrogens is 436 g/mol. The standard InChI is InChI=1S/C26H24N2O4S/c29-33(30,25-14-6-11-21-12-7-15-27-26(21)25)28-16-22-10-4-5-13-24(22)32-19-23(28)18-31-17-20-8-2-1-3-9-20/h1-15,23H,16-19H2/t23-/m1/s1. The van der Waals surface area contributed by atoms with E-state index in [-0.39, 0.29) is 24.7 Å². The van der Waals surface area contributed by atoms with Gasteiger partial charge in [0.2, 0.25) is 10.0 Å². The summed E-state index contributed by atoms with van der Waals surface area (Å²) >= 11 is 0. The summed E-state index contributed by atoms with van der Waals surface area (Å²) < 4.78 is 41.4. The minimum absolute atomic E-state index is 0.188. The van der Waals surface area contributed by atoms with Crippen LogP contribution in [0.15, 0.2) is 96.0 Å². The van der Waals surface area contributed by atoms with Gasteiger partial charge in [0.25, 0.3) is 0 Å². The van der Waals surface area contributed by atoms with Crippen molar-refractivity contribution < 1.29 is 17.9 Å². The first kappa shape index (κ1) is 21.6. The number of nitrogens with zero attached hydrogens (tertiary/aromatic N) is 2. The van der Waals surface area contributed by atoms with E-state index in [1.807, 2.05) is 66.7 Å². The van der Waals surface area contributed by atoms with Gasteiger partial charge in [-0.1, -0.05) is 66.7 Å². The third-order valence-electron chi connectivity index (χ3n) is 5.74. The second-order valence-electron chi connectivity index (χ2n) is 7.95. The summed E-state index contributed by atoms with van der Waals surface area (Å²) in [5.74, 6) is 0.694. The molecular formula is C26H24N2O4S. The lowest BCUT2D eigenvalue weighted by Gasteiger charge is -2.28. The Morgan fingerprint density at radius 2 is 1.73 bits per heavy atom. The summed E-state index contributed by atoms with van der Waals surface area (Å²) in [7, 11) is -3.89. The minimum Gasteiger partial charge on any atom is -0.491 e. The zero-order chi connectivity index (χ0) is 22.7. The van der Waals surface area contributed by atoms with Gasteiger partial charge < -0.3 is 9.47 Å². The Morgan fingerprint density at radius 3 is 2.61 bits per heavy atom. The smallest absolute Gasteiger partial charge is 0.246 e. The summed E-state index contributed by atoms with van der Waals surface area (Å²) in [6, 6.07) is 25.8. The SMILES string of the molecule is O=S(=O)(c1cccc2cccnc12)N1Cc2ccccc2OC[C@H]1COCc1ccccc1. The molecule has 7 heteroatoms. The molecule has 0 aliphatic carbocycles. The molecule has 4 aromatic rings. The van der Waals surface area contributed by atoms with E-state index in [0.29, 0.717) is 17.9 Å². The quantitative estimate of drug-likeness (QED) is 0.427. The van der Waals surface area contributed by atoms with Gasteiger partial charge in [-0.15, -0.1) is 0 Å². The molecule has 0 radical (unpaired) electrons. The molecule has 0 saturated heterocycles. The lowest BCUT2D eigenvalue weighted by atomic mass is 10.2. The van der Waals surface area contributed by atoms with E-state index in [1.54, 1.807) is 24.4 Å². The van der Waals surface area contributed by atoms with Crippen LogP contribution in [0.1, 0.15) is 11.1 Å². The predicted molar refractivity (Wildman–Crippen MR) is 126 cm³/mol. The Kier molecular flexibility index (Phi) is 6.09. The zero-order valence-corrected chi connectivity index (χ0v) is 18.8. The number of hydrogen-bond acceptors (Lipinski definition) is 5. The number of pyridine rings is 1. The van der Waals surface area contributed by atoms with Crippen molar-refractivity contribution in [2.45, 2.75) is 24.1 Å². The fourth-order valence-electron chi connectivity index (χ4n) is 4.05. The number of hydrogen-bond donors (Lipinski definition) is 0. The third-order valence-corrected chi connectivity index (χ3v) is 7.67. The van der Waals surface area contributed by atoms with Crippen molar-refractivity contribution in [3.8, 4) is 5.75 Å². The molecule has 3 aromatic carbocycles. The molecule has 33 heavy (non-hydrogen) atoms. The van der Waals surface area contributed by atoms with Crippen molar-refractivity contribution in [1.29, 1.82) is 0 Å². The van der Waals surface area contributed by atoms with E-state index in [9.17, 15) is 8.42 Å². The fraction of sp³-hybridized carbons (Fsp3) is 0.192. The Balaban J connectivity index is 1.49. The highest BCUT2D eigenvalue weighted by Crippen LogP contribution is 2.31. The topological polar surface area (TPSA) is 68.7 Å². The molecule has 168 valence electrons. The number of sulfonamides is 1. The molecule has 0 amide bonds. The van der Waals surface area contributed by atoms with Crippen molar-refractivity contribution in [3.63, 3.8) is 0 Å². The van der Waals surface area contributed by atoms with Crippen molar-refractivity contribution in [3.05, 3.63) is 102 Å². The fourth-order valence-corrected chi connectivity index (χ4v) is 5.79. The van der Waals surface area contributed by atoms with Crippen molar-refractivity contribution >= 4 is 20.9 Å². The molecule has 2 heterocycles. The van der Waals surface area contributed by atoms with Crippen LogP contribution in [-0.2, 0) is 27.9 Å². The molecule has 0 unspecified atom stereocenters. The molecule has 6 nitrogen and oxygen atoms in total. The first-order valence-electron chi connectivity index (χ1n) is 10.8. The average molecular weight is 461 g/mol. The van der Waals surface area contributed by atoms with Gasteiger partial charge in [0.05, 0.1) is 24.8 Å². The van der Waals surface area contributed by atoms with Gasteiger partial charge in [0.1, 0.15) is 17.3 Å². The van der Waals surface area contributed by atoms with Crippen LogP contribution in [-0.4, -0.2) is 37.0 Å². The number of benzene rings is 3. The van der Waals surface area contributed by atoms with Crippen LogP contribution in [0, 0.1) is 0 Å². The van der Waals surface area contributed by atoms with Gasteiger partial charge in [-0.2, -0.15) is 4.31 Å². The maximum absolute atomic E-state index is 14.0. The van der Waals surface area contributed by atoms with Gasteiger partial charge in [0, 0.05) is 23.7 Å². The first-order valence-corrected chi connectivity index (χ1v) is 12.2. The monoisotopic (exact) mass is 460 g/mol. The molecule has 1 aromatic heterocycles. The van der Waals surface area contributed by atoms with Gasteiger partial charge in [-0.3, -0.25) is 4.98 Å². The summed E-state index contributed by atoms with van der Waals surface area (Å²) in [6.45, 7) is 0.999. The Hall–Kier alpha value is -3.26. The maximum Gasteiger partial charge on any atom is 0.246 e. The normalized spacial score (nSPS) is 16.7. The van der Waals surface area contributed by atoms with Crippen molar-refractivity contribution in [1.82, 2.24) is 9.29 Å². The lowest BCUT2D eigenvalue weighted by Crippen LogP contribution is -2.44. The molecule has 1 atom stereocenters. The van der Waals surface area contributed by atoms with Crippen LogP contribution >= 0.6 is 0 Å². The summed E-state index contributed by atoms with van der Waals surface area (Å²) in [5.41, 5.74) is 2.31. The van der Waals surface area contributed by atoms with E-state index in [1.165, 1.54) is 4.31 Å². The van der Waals surface area contributed by atoms with Crippen LogP contribution < -0.4 is 4.74 Å². The highest BCUT2D eigenvalue weighted by Gasteiger charge is 2.36. The van der Waals surface area contributed by atoms with E-state index in [2.05, 4.69) is 4.98 Å². The zero-order valence-electron chi connectivity index (χ0n) is 18.0. The minimum atomic E-state index is -3.89. The average Bonchev–Trinajstić information content (AvgIpc) is 3.04. The highest BCUT2D eigenvalue weighted by atomic mass is 32.2. The van der Waals surface area contributed by atoms with Crippen LogP contribution in [0.2, 0.25) is 0 Å². The third kappa shape index (κ3) is 4.48. The summed E-state index contributed by atoms with van der Waals surface area (Å²) in [6.07, 6.45) is 1.61. The van der Waals surface area contributed by atoms with Crippen LogP contribution in [0.25, 0.3) is 10.9 Å². The molecule has 1 aliphatic rings. The number of fused-ring (bicyclic) bond motifs is 2. The number of para-hydroxylation sites is 2. The second-order valence-corrected chi connectivity index (χ2v) is 9.81. The van der Waals surface area contributed by atoms with Crippen LogP contribution in [0.5, 0.6) is 5.75 Å². The van der Waals surface area contributed by atoms with E-state index < -0.39 is 16.1 Å². The van der Waals surface area contributed by atoms with Gasteiger partial charge in [-0.25, -0.2) is 8.42 Å². The molecule has 5 rings (SSSR count). The van der Waals surface area contributed by atoms with Gasteiger partial charge in [-0.05, 0) is 23.8 Å². The van der Waals surface area contributed by atoms with E-state index in [0.717, 1.165) is 16.5 Å². The molecule has 0 saturated carbocycles. The largest absolute Gasteiger partial charge is 0.491 e. The van der Waals surface area contributed by atoms with Crippen molar-refractivity contribution in [2.24, 2.45) is 0 Å². The van der Waals surface area contributed by atoms with Gasteiger partial charge >= 0.3 is 0 Å². The molecule has 0 fully saturated rings. The maximum atomic E-state index is 14.0. The number of aromatic nitrogens is 1. The van der Waals surface area contributed by atoms with Crippen molar-refractivity contribution in [2.75, 3.05) is 13.2 Å². The van der Waals surface area contributed by atoms with Gasteiger partial charge in [0.15, 0.2) is 0 Å². The molecule has 0 N–H and O–H groups in total. The lowest BCUT2D eigenvalue weighted by molar-refractivity contribution is 0.0606.